The van der Waals surface area contributed by atoms with Gasteiger partial charge in [0.05, 0.1) is 12.2 Å². The van der Waals surface area contributed by atoms with Crippen LogP contribution in [0, 0.1) is 0 Å². The van der Waals surface area contributed by atoms with Gasteiger partial charge in [0.1, 0.15) is 13.2 Å². The Kier molecular flexibility index (Phi) is 2.85. The van der Waals surface area contributed by atoms with E-state index in [2.05, 4.69) is 0 Å². The average molecular weight is 224 g/mol. The Bertz CT molecular complexity index is 413. The number of phenols is 1. The van der Waals surface area contributed by atoms with Crippen molar-refractivity contribution < 1.29 is 24.1 Å². The van der Waals surface area contributed by atoms with Gasteiger partial charge in [0, 0.05) is 0 Å². The predicted octanol–water partition coefficient (Wildman–Crippen LogP) is 1.34. The lowest BCUT2D eigenvalue weighted by Gasteiger charge is -2.19. The summed E-state index contributed by atoms with van der Waals surface area (Å²) in [4.78, 5) is 11.5. The van der Waals surface area contributed by atoms with Gasteiger partial charge in [0.2, 0.25) is 5.75 Å². The van der Waals surface area contributed by atoms with E-state index in [1.807, 2.05) is 0 Å². The molecular formula is C11H12O5. The second-order valence-electron chi connectivity index (χ2n) is 3.24. The second-order valence-corrected chi connectivity index (χ2v) is 3.24. The van der Waals surface area contributed by atoms with E-state index in [0.717, 1.165) is 0 Å². The molecule has 5 heteroatoms. The zero-order chi connectivity index (χ0) is 11.5. The fourth-order valence-electron chi connectivity index (χ4n) is 1.47. The molecule has 0 bridgehead atoms. The summed E-state index contributed by atoms with van der Waals surface area (Å²) in [5.74, 6) is 0.0450. The highest BCUT2D eigenvalue weighted by Crippen LogP contribution is 2.39. The summed E-state index contributed by atoms with van der Waals surface area (Å²) in [5.41, 5.74) is 0.253. The summed E-state index contributed by atoms with van der Waals surface area (Å²) >= 11 is 0. The minimum absolute atomic E-state index is 0.111. The molecule has 0 spiro atoms. The van der Waals surface area contributed by atoms with Crippen LogP contribution in [0.25, 0.3) is 0 Å². The Morgan fingerprint density at radius 3 is 2.94 bits per heavy atom. The third-order valence-corrected chi connectivity index (χ3v) is 2.13. The lowest BCUT2D eigenvalue weighted by Crippen LogP contribution is -2.16. The molecule has 1 heterocycles. The Hall–Kier alpha value is -1.91. The summed E-state index contributed by atoms with van der Waals surface area (Å²) in [7, 11) is 0. The van der Waals surface area contributed by atoms with Crippen LogP contribution >= 0.6 is 0 Å². The number of ether oxygens (including phenoxy) is 3. The molecule has 2 rings (SSSR count). The lowest BCUT2D eigenvalue weighted by atomic mass is 10.2. The molecule has 0 aliphatic carbocycles. The number of hydrogen-bond acceptors (Lipinski definition) is 5. The Morgan fingerprint density at radius 2 is 2.19 bits per heavy atom. The van der Waals surface area contributed by atoms with Crippen LogP contribution in [0.5, 0.6) is 17.2 Å². The van der Waals surface area contributed by atoms with E-state index < -0.39 is 5.97 Å². The largest absolute Gasteiger partial charge is 0.504 e. The molecule has 1 aromatic rings. The number of aromatic hydroxyl groups is 1. The van der Waals surface area contributed by atoms with E-state index in [1.165, 1.54) is 12.1 Å². The molecule has 0 amide bonds. The molecule has 1 N–H and O–H groups in total. The van der Waals surface area contributed by atoms with Crippen molar-refractivity contribution in [3.63, 3.8) is 0 Å². The van der Waals surface area contributed by atoms with Crippen LogP contribution in [-0.2, 0) is 4.74 Å². The van der Waals surface area contributed by atoms with E-state index in [0.29, 0.717) is 19.0 Å². The van der Waals surface area contributed by atoms with E-state index in [1.54, 1.807) is 6.92 Å². The van der Waals surface area contributed by atoms with Crippen molar-refractivity contribution in [2.24, 2.45) is 0 Å². The maximum Gasteiger partial charge on any atom is 0.338 e. The Labute approximate surface area is 92.5 Å². The molecular weight excluding hydrogens is 212 g/mol. The van der Waals surface area contributed by atoms with Gasteiger partial charge >= 0.3 is 5.97 Å². The first-order chi connectivity index (χ1) is 7.72. The Balaban J connectivity index is 2.35. The van der Waals surface area contributed by atoms with Gasteiger partial charge < -0.3 is 19.3 Å². The number of fused-ring (bicyclic) bond motifs is 1. The predicted molar refractivity (Wildman–Crippen MR) is 55.1 cm³/mol. The molecule has 0 saturated heterocycles. The summed E-state index contributed by atoms with van der Waals surface area (Å²) in [6.45, 7) is 2.79. The molecule has 0 saturated carbocycles. The highest BCUT2D eigenvalue weighted by atomic mass is 16.6. The number of carbonyl (C=O) groups excluding carboxylic acids is 1. The molecule has 16 heavy (non-hydrogen) atoms. The first-order valence-corrected chi connectivity index (χ1v) is 5.02. The summed E-state index contributed by atoms with van der Waals surface area (Å²) < 4.78 is 15.3. The van der Waals surface area contributed by atoms with Crippen LogP contribution in [0.2, 0.25) is 0 Å². The van der Waals surface area contributed by atoms with Crippen molar-refractivity contribution in [3.05, 3.63) is 17.7 Å². The van der Waals surface area contributed by atoms with E-state index >= 15 is 0 Å². The van der Waals surface area contributed by atoms with Crippen molar-refractivity contribution in [2.45, 2.75) is 6.92 Å². The summed E-state index contributed by atoms with van der Waals surface area (Å²) in [5, 5.41) is 9.64. The molecule has 0 radical (unpaired) electrons. The molecule has 0 fully saturated rings. The van der Waals surface area contributed by atoms with E-state index in [-0.39, 0.29) is 23.7 Å². The van der Waals surface area contributed by atoms with Crippen LogP contribution in [-0.4, -0.2) is 30.9 Å². The zero-order valence-corrected chi connectivity index (χ0v) is 8.86. The molecule has 1 aromatic carbocycles. The van der Waals surface area contributed by atoms with Crippen molar-refractivity contribution in [1.82, 2.24) is 0 Å². The summed E-state index contributed by atoms with van der Waals surface area (Å²) in [6.07, 6.45) is 0. The maximum atomic E-state index is 11.5. The van der Waals surface area contributed by atoms with Gasteiger partial charge in [-0.2, -0.15) is 0 Å². The standard InChI is InChI=1S/C11H12O5/c1-2-14-11(13)7-5-8(12)10-9(6-7)15-3-4-16-10/h5-6,12H,2-4H2,1H3. The minimum atomic E-state index is -0.491. The van der Waals surface area contributed by atoms with Gasteiger partial charge in [0.25, 0.3) is 0 Å². The number of hydrogen-bond donors (Lipinski definition) is 1. The van der Waals surface area contributed by atoms with Crippen LogP contribution < -0.4 is 9.47 Å². The fraction of sp³-hybridized carbons (Fsp3) is 0.364. The fourth-order valence-corrected chi connectivity index (χ4v) is 1.47. The topological polar surface area (TPSA) is 65.0 Å². The van der Waals surface area contributed by atoms with Crippen LogP contribution in [0.1, 0.15) is 17.3 Å². The zero-order valence-electron chi connectivity index (χ0n) is 8.86. The van der Waals surface area contributed by atoms with Gasteiger partial charge in [0.15, 0.2) is 11.5 Å². The highest BCUT2D eigenvalue weighted by molar-refractivity contribution is 5.91. The molecule has 0 atom stereocenters. The van der Waals surface area contributed by atoms with Gasteiger partial charge in [-0.3, -0.25) is 0 Å². The highest BCUT2D eigenvalue weighted by Gasteiger charge is 2.20. The molecule has 1 aliphatic rings. The van der Waals surface area contributed by atoms with Crippen LogP contribution in [0.15, 0.2) is 12.1 Å². The third-order valence-electron chi connectivity index (χ3n) is 2.13. The van der Waals surface area contributed by atoms with E-state index in [4.69, 9.17) is 14.2 Å². The normalized spacial score (nSPS) is 13.3. The number of carbonyl (C=O) groups is 1. The Morgan fingerprint density at radius 1 is 1.44 bits per heavy atom. The average Bonchev–Trinajstić information content (AvgIpc) is 2.29. The number of phenolic OH excluding ortho intramolecular Hbond substituents is 1. The second kappa shape index (κ2) is 4.30. The smallest absolute Gasteiger partial charge is 0.338 e. The van der Waals surface area contributed by atoms with Gasteiger partial charge in [-0.15, -0.1) is 0 Å². The van der Waals surface area contributed by atoms with Gasteiger partial charge in [-0.1, -0.05) is 0 Å². The van der Waals surface area contributed by atoms with Crippen molar-refractivity contribution in [2.75, 3.05) is 19.8 Å². The number of esters is 1. The van der Waals surface area contributed by atoms with Crippen molar-refractivity contribution in [3.8, 4) is 17.2 Å². The van der Waals surface area contributed by atoms with Gasteiger partial charge in [-0.05, 0) is 19.1 Å². The molecule has 0 aromatic heterocycles. The summed E-state index contributed by atoms with van der Waals surface area (Å²) in [6, 6.07) is 2.82. The molecule has 0 unspecified atom stereocenters. The quantitative estimate of drug-likeness (QED) is 0.768. The first-order valence-electron chi connectivity index (χ1n) is 5.02. The van der Waals surface area contributed by atoms with Crippen molar-refractivity contribution >= 4 is 5.97 Å². The SMILES string of the molecule is CCOC(=O)c1cc(O)c2c(c1)OCCO2. The number of rotatable bonds is 2. The number of benzene rings is 1. The lowest BCUT2D eigenvalue weighted by molar-refractivity contribution is 0.0524. The van der Waals surface area contributed by atoms with Crippen LogP contribution in [0.3, 0.4) is 0 Å². The minimum Gasteiger partial charge on any atom is -0.504 e. The first kappa shape index (κ1) is 10.6. The molecule has 86 valence electrons. The van der Waals surface area contributed by atoms with Crippen molar-refractivity contribution in [1.29, 1.82) is 0 Å². The van der Waals surface area contributed by atoms with Crippen LogP contribution in [0.4, 0.5) is 0 Å². The third kappa shape index (κ3) is 1.88. The van der Waals surface area contributed by atoms with E-state index in [9.17, 15) is 9.90 Å². The monoisotopic (exact) mass is 224 g/mol. The molecule has 1 aliphatic heterocycles. The van der Waals surface area contributed by atoms with Gasteiger partial charge in [-0.25, -0.2) is 4.79 Å². The molecule has 5 nitrogen and oxygen atoms in total. The maximum absolute atomic E-state index is 11.5.